The third-order valence-corrected chi connectivity index (χ3v) is 7.82. The van der Waals surface area contributed by atoms with Crippen LogP contribution in [0.15, 0.2) is 81.7 Å². The molecule has 3 aromatic carbocycles. The minimum absolute atomic E-state index is 0.0622. The molecule has 2 heterocycles. The number of carbonyl (C=O) groups is 1. The molecule has 0 amide bonds. The van der Waals surface area contributed by atoms with Crippen molar-refractivity contribution in [2.75, 3.05) is 13.7 Å². The number of allylic oxidation sites excluding steroid dienone is 1. The van der Waals surface area contributed by atoms with Crippen molar-refractivity contribution >= 4 is 35.0 Å². The number of thiazole rings is 1. The van der Waals surface area contributed by atoms with Gasteiger partial charge in [0.25, 0.3) is 5.56 Å². The third kappa shape index (κ3) is 5.86. The van der Waals surface area contributed by atoms with E-state index in [0.29, 0.717) is 42.5 Å². The topological polar surface area (TPSA) is 79.1 Å². The average molecular weight is 611 g/mol. The van der Waals surface area contributed by atoms with Gasteiger partial charge in [0, 0.05) is 16.7 Å². The van der Waals surface area contributed by atoms with Gasteiger partial charge in [0.2, 0.25) is 0 Å². The summed E-state index contributed by atoms with van der Waals surface area (Å²) in [5.41, 5.74) is 2.32. The fourth-order valence-corrected chi connectivity index (χ4v) is 5.82. The van der Waals surface area contributed by atoms with Gasteiger partial charge in [-0.1, -0.05) is 41.1 Å². The first-order valence-corrected chi connectivity index (χ1v) is 14.1. The molecule has 1 atom stereocenters. The highest BCUT2D eigenvalue weighted by Gasteiger charge is 2.33. The molecule has 0 spiro atoms. The summed E-state index contributed by atoms with van der Waals surface area (Å²) in [6, 6.07) is 14.5. The van der Waals surface area contributed by atoms with Crippen molar-refractivity contribution < 1.29 is 27.8 Å². The zero-order valence-electron chi connectivity index (χ0n) is 22.8. The molecule has 0 saturated heterocycles. The van der Waals surface area contributed by atoms with Gasteiger partial charge < -0.3 is 14.2 Å². The van der Waals surface area contributed by atoms with E-state index in [1.54, 1.807) is 62.4 Å². The number of hydrogen-bond acceptors (Lipinski definition) is 7. The van der Waals surface area contributed by atoms with Crippen LogP contribution in [0.25, 0.3) is 6.08 Å². The van der Waals surface area contributed by atoms with E-state index in [2.05, 4.69) is 4.99 Å². The molecule has 0 N–H and O–H groups in total. The molecule has 0 bridgehead atoms. The second-order valence-electron chi connectivity index (χ2n) is 9.29. The number of methoxy groups -OCH3 is 1. The first-order chi connectivity index (χ1) is 20.2. The number of rotatable bonds is 8. The highest BCUT2D eigenvalue weighted by Crippen LogP contribution is 2.31. The number of aromatic nitrogens is 1. The summed E-state index contributed by atoms with van der Waals surface area (Å²) in [6.07, 6.45) is 1.70. The Morgan fingerprint density at radius 3 is 2.52 bits per heavy atom. The molecule has 0 saturated carbocycles. The predicted molar refractivity (Wildman–Crippen MR) is 156 cm³/mol. The van der Waals surface area contributed by atoms with E-state index in [-0.39, 0.29) is 30.1 Å². The maximum Gasteiger partial charge on any atom is 0.338 e. The molecule has 5 rings (SSSR count). The molecular weight excluding hydrogens is 586 g/mol. The minimum Gasteiger partial charge on any atom is -0.496 e. The van der Waals surface area contributed by atoms with E-state index in [4.69, 9.17) is 25.8 Å². The summed E-state index contributed by atoms with van der Waals surface area (Å²) in [5.74, 6) is -1.69. The first-order valence-electron chi connectivity index (χ1n) is 12.9. The molecule has 0 radical (unpaired) electrons. The monoisotopic (exact) mass is 610 g/mol. The van der Waals surface area contributed by atoms with Crippen molar-refractivity contribution in [3.05, 3.63) is 125 Å². The van der Waals surface area contributed by atoms with E-state index in [9.17, 15) is 18.4 Å². The Balaban J connectivity index is 1.57. The predicted octanol–water partition coefficient (Wildman–Crippen LogP) is 5.32. The number of hydrogen-bond donors (Lipinski definition) is 0. The maximum absolute atomic E-state index is 14.1. The average Bonchev–Trinajstić information content (AvgIpc) is 3.26. The Morgan fingerprint density at radius 1 is 1.10 bits per heavy atom. The van der Waals surface area contributed by atoms with Crippen molar-refractivity contribution in [3.8, 4) is 11.5 Å². The number of fused-ring (bicyclic) bond motifs is 1. The third-order valence-electron chi connectivity index (χ3n) is 6.58. The zero-order chi connectivity index (χ0) is 30.0. The molecule has 42 heavy (non-hydrogen) atoms. The lowest BCUT2D eigenvalue weighted by Crippen LogP contribution is -2.39. The number of benzene rings is 3. The van der Waals surface area contributed by atoms with E-state index in [1.807, 2.05) is 0 Å². The van der Waals surface area contributed by atoms with Crippen LogP contribution in [0.1, 0.15) is 36.6 Å². The van der Waals surface area contributed by atoms with Crippen LogP contribution in [-0.4, -0.2) is 24.3 Å². The zero-order valence-corrected chi connectivity index (χ0v) is 24.4. The van der Waals surface area contributed by atoms with E-state index in [0.717, 1.165) is 12.1 Å². The summed E-state index contributed by atoms with van der Waals surface area (Å²) >= 11 is 7.30. The molecular formula is C31H25ClF2N2O5S. The SMILES string of the molecule is CCOC(=O)C1=C(C)N=c2s/c(=C/c3ccc(OC)c(COc4ccc(F)cc4F)c3)c(=O)n2[C@@H]1c1ccc(Cl)cc1. The van der Waals surface area contributed by atoms with Gasteiger partial charge in [-0.25, -0.2) is 18.6 Å². The van der Waals surface area contributed by atoms with Crippen LogP contribution in [0.4, 0.5) is 8.78 Å². The van der Waals surface area contributed by atoms with Gasteiger partial charge >= 0.3 is 5.97 Å². The lowest BCUT2D eigenvalue weighted by molar-refractivity contribution is -0.139. The highest BCUT2D eigenvalue weighted by atomic mass is 35.5. The van der Waals surface area contributed by atoms with Gasteiger partial charge in [-0.15, -0.1) is 0 Å². The normalized spacial score (nSPS) is 14.8. The summed E-state index contributed by atoms with van der Waals surface area (Å²) in [5, 5.41) is 0.519. The Labute approximate surface area is 248 Å². The van der Waals surface area contributed by atoms with Crippen molar-refractivity contribution in [1.82, 2.24) is 4.57 Å². The molecule has 0 aliphatic carbocycles. The van der Waals surface area contributed by atoms with Crippen LogP contribution < -0.4 is 24.4 Å². The summed E-state index contributed by atoms with van der Waals surface area (Å²) in [7, 11) is 1.50. The van der Waals surface area contributed by atoms with Gasteiger partial charge in [0.05, 0.1) is 35.6 Å². The number of nitrogens with zero attached hydrogens (tertiary/aromatic N) is 2. The molecule has 1 aromatic heterocycles. The molecule has 11 heteroatoms. The van der Waals surface area contributed by atoms with Crippen LogP contribution in [0, 0.1) is 11.6 Å². The maximum atomic E-state index is 14.1. The van der Waals surface area contributed by atoms with Gasteiger partial charge in [-0.2, -0.15) is 0 Å². The Kier molecular flexibility index (Phi) is 8.56. The summed E-state index contributed by atoms with van der Waals surface area (Å²) in [6.45, 7) is 3.54. The molecule has 0 fully saturated rings. The number of halogens is 3. The van der Waals surface area contributed by atoms with Gasteiger partial charge in [0.1, 0.15) is 18.2 Å². The van der Waals surface area contributed by atoms with E-state index >= 15 is 0 Å². The summed E-state index contributed by atoms with van der Waals surface area (Å²) < 4.78 is 45.6. The number of ether oxygens (including phenoxy) is 3. The second-order valence-corrected chi connectivity index (χ2v) is 10.7. The smallest absolute Gasteiger partial charge is 0.338 e. The molecule has 1 aliphatic heterocycles. The fraction of sp³-hybridized carbons (Fsp3) is 0.194. The van der Waals surface area contributed by atoms with Crippen molar-refractivity contribution in [2.45, 2.75) is 26.5 Å². The van der Waals surface area contributed by atoms with Crippen LogP contribution in [0.5, 0.6) is 11.5 Å². The fourth-order valence-electron chi connectivity index (χ4n) is 4.65. The molecule has 0 unspecified atom stereocenters. The first kappa shape index (κ1) is 29.2. The van der Waals surface area contributed by atoms with E-state index < -0.39 is 23.6 Å². The lowest BCUT2D eigenvalue weighted by Gasteiger charge is -2.24. The van der Waals surface area contributed by atoms with Crippen LogP contribution in [0.3, 0.4) is 0 Å². The standard InChI is InChI=1S/C31H25ClF2N2O5S/c1-4-40-30(38)27-17(2)35-31-36(28(27)19-6-8-21(32)9-7-19)29(37)26(42-31)14-18-5-11-24(39-3)20(13-18)16-41-25-12-10-22(33)15-23(25)34/h5-15,28H,4,16H2,1-3H3/b26-14+/t28-/m1/s1. The Hall–Kier alpha value is -4.28. The van der Waals surface area contributed by atoms with Crippen LogP contribution in [-0.2, 0) is 16.1 Å². The molecule has 216 valence electrons. The Bertz CT molecular complexity index is 1880. The van der Waals surface area contributed by atoms with Gasteiger partial charge in [0.15, 0.2) is 16.4 Å². The molecule has 4 aromatic rings. The van der Waals surface area contributed by atoms with Crippen molar-refractivity contribution in [1.29, 1.82) is 0 Å². The largest absolute Gasteiger partial charge is 0.496 e. The van der Waals surface area contributed by atoms with Gasteiger partial charge in [-0.3, -0.25) is 9.36 Å². The van der Waals surface area contributed by atoms with E-state index in [1.165, 1.54) is 29.1 Å². The van der Waals surface area contributed by atoms with Gasteiger partial charge in [-0.05, 0) is 67.4 Å². The van der Waals surface area contributed by atoms with Crippen LogP contribution >= 0.6 is 22.9 Å². The Morgan fingerprint density at radius 2 is 1.83 bits per heavy atom. The van der Waals surface area contributed by atoms with Crippen molar-refractivity contribution in [2.24, 2.45) is 4.99 Å². The number of carbonyl (C=O) groups excluding carboxylic acids is 1. The number of esters is 1. The van der Waals surface area contributed by atoms with Crippen molar-refractivity contribution in [3.63, 3.8) is 0 Å². The second kappa shape index (κ2) is 12.3. The quantitative estimate of drug-likeness (QED) is 0.253. The molecule has 7 nitrogen and oxygen atoms in total. The van der Waals surface area contributed by atoms with Crippen LogP contribution in [0.2, 0.25) is 5.02 Å². The highest BCUT2D eigenvalue weighted by molar-refractivity contribution is 7.07. The minimum atomic E-state index is -0.820. The molecule has 1 aliphatic rings. The lowest BCUT2D eigenvalue weighted by atomic mass is 9.96. The summed E-state index contributed by atoms with van der Waals surface area (Å²) in [4.78, 5) is 31.9.